The number of nitrogens with two attached hydrogens (primary N) is 2. The van der Waals surface area contributed by atoms with Crippen LogP contribution >= 0.6 is 11.6 Å². The molecule has 1 aromatic heterocycles. The fourth-order valence-electron chi connectivity index (χ4n) is 14.6. The summed E-state index contributed by atoms with van der Waals surface area (Å²) in [4.78, 5) is 227. The van der Waals surface area contributed by atoms with Crippen LogP contribution in [0.25, 0.3) is 10.8 Å². The standard InChI is InChI=1S/C84H103ClN18O18/c1-45(2)34-59(73(109)99-66(43-89-70(82(118)119)54-14-6-5-7-15-54)81(117)103-33-11-17-68(103)80(116)90-46(3)71(86)107)94-75(111)62(37-50-23-30-58(31-24-50)93-83(87)120)96-77(113)63(38-49-21-28-57(29-22-49)92-72(108)65-41-69(106)102-84(121)101-65)98-79(115)67(44-104)100-78(114)64(40-52-12-10-32-88-42-52)97-76(112)61(36-48-19-26-56(85)27-20-48)95-74(110)60(91-47(4)105)39-51-18-25-53-13-8-9-16-55(53)35-51/h8-10,12-13,16,18-32,35,42,45-46,54,59-68,70,89,104H,5-7,11,14-15,17,33-34,36-41,43-44H2,1-4H3,(H2,86,107)(H,90,116)(H,91,105)(H,92,108)(H,94,111)(H,95,110)(H,96,113)(H,97,112)(H,98,115)(H,99,109)(H,100,114)(H,118,119)(H3,87,93,120)(H2,101,102,106,121)/t46-,59+,60-,61-,62+,63+,64+,65+,66+,67+,68+,70+/m1/s1. The van der Waals surface area contributed by atoms with Crippen LogP contribution in [0.3, 0.4) is 0 Å². The lowest BCUT2D eigenvalue weighted by Crippen LogP contribution is -2.62. The number of carbonyl (C=O) groups excluding carboxylic acids is 15. The summed E-state index contributed by atoms with van der Waals surface area (Å²) in [7, 11) is 0. The van der Waals surface area contributed by atoms with Crippen LogP contribution in [0.5, 0.6) is 0 Å². The molecule has 5 aromatic carbocycles. The van der Waals surface area contributed by atoms with Crippen molar-refractivity contribution in [2.45, 2.75) is 190 Å². The highest BCUT2D eigenvalue weighted by molar-refractivity contribution is 6.30. The largest absolute Gasteiger partial charge is 0.480 e. The van der Waals surface area contributed by atoms with Gasteiger partial charge in [-0.3, -0.25) is 77.4 Å². The normalized spacial score (nSPS) is 17.1. The van der Waals surface area contributed by atoms with Crippen molar-refractivity contribution in [3.63, 3.8) is 0 Å². The molecule has 17 amide bonds. The molecule has 0 bridgehead atoms. The summed E-state index contributed by atoms with van der Waals surface area (Å²) in [6.07, 6.45) is 4.95. The van der Waals surface area contributed by atoms with Gasteiger partial charge in [0.2, 0.25) is 76.8 Å². The van der Waals surface area contributed by atoms with Crippen LogP contribution in [0.15, 0.2) is 140 Å². The predicted octanol–water partition coefficient (Wildman–Crippen LogP) is 0.969. The Morgan fingerprint density at radius 1 is 0.529 bits per heavy atom. The Morgan fingerprint density at radius 2 is 1.02 bits per heavy atom. The van der Waals surface area contributed by atoms with E-state index in [1.165, 1.54) is 79.7 Å². The molecule has 37 heteroatoms. The molecular formula is C84H103ClN18O18. The number of fused-ring (bicyclic) bond motifs is 1. The topological polar surface area (TPSA) is 550 Å². The van der Waals surface area contributed by atoms with Gasteiger partial charge in [0.1, 0.15) is 72.5 Å². The number of primary amides is 2. The Morgan fingerprint density at radius 3 is 1.53 bits per heavy atom. The first-order chi connectivity index (χ1) is 57.7. The number of aliphatic hydroxyl groups excluding tert-OH is 1. The molecule has 1 aliphatic carbocycles. The zero-order chi connectivity index (χ0) is 87.6. The van der Waals surface area contributed by atoms with Crippen LogP contribution in [0.4, 0.5) is 21.0 Å². The smallest absolute Gasteiger partial charge is 0.322 e. The minimum atomic E-state index is -1.96. The molecule has 2 saturated heterocycles. The van der Waals surface area contributed by atoms with Crippen molar-refractivity contribution in [1.82, 2.24) is 73.7 Å². The van der Waals surface area contributed by atoms with Crippen molar-refractivity contribution in [3.8, 4) is 0 Å². The first-order valence-corrected chi connectivity index (χ1v) is 40.3. The number of hydrogen-bond acceptors (Lipinski definition) is 19. The van der Waals surface area contributed by atoms with Crippen molar-refractivity contribution >= 4 is 129 Å². The molecule has 3 heterocycles. The van der Waals surface area contributed by atoms with E-state index in [-0.39, 0.29) is 67.9 Å². The van der Waals surface area contributed by atoms with Crippen LogP contribution in [0.1, 0.15) is 113 Å². The molecule has 0 radical (unpaired) electrons. The number of nitrogens with one attached hydrogen (secondary N) is 14. The number of rotatable bonds is 40. The third kappa shape index (κ3) is 27.8. The minimum Gasteiger partial charge on any atom is -0.480 e. The second kappa shape index (κ2) is 44.2. The van der Waals surface area contributed by atoms with E-state index in [0.717, 1.165) is 30.0 Å². The molecule has 20 N–H and O–H groups in total. The number of likely N-dealkylation sites (tertiary alicyclic amines) is 1. The molecular weight excluding hydrogens is 1580 g/mol. The van der Waals surface area contributed by atoms with Gasteiger partial charge in [-0.1, -0.05) is 130 Å². The third-order valence-electron chi connectivity index (χ3n) is 20.9. The number of amides is 17. The number of carboxylic acid groups (broad SMARTS) is 1. The fraction of sp³-hybridized carbons (Fsp3) is 0.417. The zero-order valence-electron chi connectivity index (χ0n) is 67.2. The summed E-state index contributed by atoms with van der Waals surface area (Å²) < 4.78 is 0. The molecule has 2 aliphatic heterocycles. The molecule has 3 fully saturated rings. The highest BCUT2D eigenvalue weighted by atomic mass is 35.5. The van der Waals surface area contributed by atoms with Gasteiger partial charge in [-0.15, -0.1) is 0 Å². The summed E-state index contributed by atoms with van der Waals surface area (Å²) in [6, 6.07) is 14.7. The number of benzene rings is 5. The minimum absolute atomic E-state index is 0.00782. The van der Waals surface area contributed by atoms with Crippen LogP contribution in [0.2, 0.25) is 5.02 Å². The first kappa shape index (κ1) is 91.9. The van der Waals surface area contributed by atoms with Gasteiger partial charge in [0.25, 0.3) is 0 Å². The van der Waals surface area contributed by atoms with E-state index >= 15 is 28.8 Å². The molecule has 1 saturated carbocycles. The lowest BCUT2D eigenvalue weighted by Gasteiger charge is -2.33. The zero-order valence-corrected chi connectivity index (χ0v) is 68.0. The van der Waals surface area contributed by atoms with Crippen molar-refractivity contribution in [2.75, 3.05) is 30.3 Å². The second-order valence-corrected chi connectivity index (χ2v) is 31.2. The van der Waals surface area contributed by atoms with Gasteiger partial charge in [-0.25, -0.2) is 9.59 Å². The average Bonchev–Trinajstić information content (AvgIpc) is 1.76. The van der Waals surface area contributed by atoms with Crippen LogP contribution in [0, 0.1) is 11.8 Å². The average molecular weight is 1690 g/mol. The molecule has 9 rings (SSSR count). The number of aliphatic hydroxyl groups is 1. The fourth-order valence-corrected chi connectivity index (χ4v) is 14.7. The number of aliphatic carboxylic acids is 1. The Hall–Kier alpha value is -13.0. The maximum absolute atomic E-state index is 15.5. The third-order valence-corrected chi connectivity index (χ3v) is 21.2. The molecule has 3 aliphatic rings. The van der Waals surface area contributed by atoms with Gasteiger partial charge >= 0.3 is 18.0 Å². The Bertz CT molecular complexity index is 4730. The second-order valence-electron chi connectivity index (χ2n) is 30.8. The Labute approximate surface area is 702 Å². The van der Waals surface area contributed by atoms with Crippen molar-refractivity contribution in [1.29, 1.82) is 0 Å². The van der Waals surface area contributed by atoms with E-state index in [2.05, 4.69) is 74.1 Å². The van der Waals surface area contributed by atoms with E-state index in [1.54, 1.807) is 56.3 Å². The van der Waals surface area contributed by atoms with Gasteiger partial charge in [-0.05, 0) is 132 Å². The number of anilines is 2. The number of urea groups is 2. The number of halogens is 1. The Kier molecular flexibility index (Phi) is 33.6. The van der Waals surface area contributed by atoms with Crippen LogP contribution in [-0.4, -0.2) is 207 Å². The maximum Gasteiger partial charge on any atom is 0.322 e. The summed E-state index contributed by atoms with van der Waals surface area (Å²) in [5.74, 6) is -13.4. The van der Waals surface area contributed by atoms with E-state index in [0.29, 0.717) is 46.5 Å². The SMILES string of the molecule is CC(=O)N[C@H](Cc1ccc2ccccc2c1)C(=O)N[C@H](Cc1ccc(Cl)cc1)C(=O)N[C@@H](Cc1cccnc1)C(=O)N[C@@H](CO)C(=O)N[C@@H](Cc1ccc(NC(=O)[C@@H]2CC(=O)NC(=O)N2)cc1)C(=O)N[C@@H](Cc1ccc(NC(N)=O)cc1)C(=O)N[C@@H](CC(C)C)C(=O)N[C@@H](CN[C@H](C(=O)O)C1CCCCC1)C(=O)N1CCC[C@H]1C(=O)N[C@H](C)C(N)=O. The summed E-state index contributed by atoms with van der Waals surface area (Å²) in [5.41, 5.74) is 13.4. The van der Waals surface area contributed by atoms with E-state index in [1.807, 2.05) is 41.7 Å². The predicted molar refractivity (Wildman–Crippen MR) is 443 cm³/mol. The number of hydrogen-bond donors (Lipinski definition) is 18. The first-order valence-electron chi connectivity index (χ1n) is 39.9. The van der Waals surface area contributed by atoms with E-state index in [4.69, 9.17) is 23.1 Å². The number of carbonyl (C=O) groups is 16. The van der Waals surface area contributed by atoms with Crippen molar-refractivity contribution in [3.05, 3.63) is 173 Å². The lowest BCUT2D eigenvalue weighted by atomic mass is 9.84. The molecule has 36 nitrogen and oxygen atoms in total. The van der Waals surface area contributed by atoms with Gasteiger partial charge in [-0.2, -0.15) is 0 Å². The number of pyridine rings is 1. The quantitative estimate of drug-likeness (QED) is 0.0255. The number of nitrogens with zero attached hydrogens (tertiary/aromatic N) is 2. The molecule has 6 aromatic rings. The van der Waals surface area contributed by atoms with Crippen molar-refractivity contribution < 1.29 is 86.9 Å². The molecule has 0 unspecified atom stereocenters. The maximum atomic E-state index is 15.5. The van der Waals surface area contributed by atoms with Gasteiger partial charge < -0.3 is 95.7 Å². The summed E-state index contributed by atoms with van der Waals surface area (Å²) >= 11 is 6.27. The van der Waals surface area contributed by atoms with Crippen LogP contribution in [-0.2, 0) is 99.2 Å². The van der Waals surface area contributed by atoms with Crippen molar-refractivity contribution in [2.24, 2.45) is 23.3 Å². The van der Waals surface area contributed by atoms with Crippen LogP contribution < -0.4 is 85.9 Å². The van der Waals surface area contributed by atoms with Gasteiger partial charge in [0.05, 0.1) is 13.0 Å². The highest BCUT2D eigenvalue weighted by Crippen LogP contribution is 2.28. The number of aromatic nitrogens is 1. The lowest BCUT2D eigenvalue weighted by molar-refractivity contribution is -0.143. The van der Waals surface area contributed by atoms with Gasteiger partial charge in [0.15, 0.2) is 0 Å². The number of carboxylic acids is 1. The van der Waals surface area contributed by atoms with E-state index < -0.39 is 199 Å². The summed E-state index contributed by atoms with van der Waals surface area (Å²) in [5, 5.41) is 60.2. The Balaban J connectivity index is 1.02. The molecule has 121 heavy (non-hydrogen) atoms. The summed E-state index contributed by atoms with van der Waals surface area (Å²) in [6.45, 7) is 4.43. The number of imide groups is 1. The van der Waals surface area contributed by atoms with E-state index in [9.17, 15) is 58.2 Å². The molecule has 12 atom stereocenters. The monoisotopic (exact) mass is 1690 g/mol. The highest BCUT2D eigenvalue weighted by Gasteiger charge is 2.42. The molecule has 644 valence electrons. The molecule has 0 spiro atoms. The van der Waals surface area contributed by atoms with Gasteiger partial charge in [0, 0.05) is 80.9 Å².